The molecule has 0 bridgehead atoms. The predicted molar refractivity (Wildman–Crippen MR) is 148 cm³/mol. The van der Waals surface area contributed by atoms with Gasteiger partial charge < -0.3 is 14.6 Å². The molecule has 37 heavy (non-hydrogen) atoms. The summed E-state index contributed by atoms with van der Waals surface area (Å²) in [5.74, 6) is 2.61. The van der Waals surface area contributed by atoms with Crippen LogP contribution in [0.15, 0.2) is 84.9 Å². The predicted octanol–water partition coefficient (Wildman–Crippen LogP) is 6.04. The maximum atomic E-state index is 11.0. The molecule has 0 spiro atoms. The third kappa shape index (κ3) is 7.21. The van der Waals surface area contributed by atoms with Gasteiger partial charge in [0.25, 0.3) is 0 Å². The molecular formula is C31H37N3O3. The molecule has 1 N–H and O–H groups in total. The Hall–Kier alpha value is -3.61. The Labute approximate surface area is 220 Å². The Morgan fingerprint density at radius 2 is 1.49 bits per heavy atom. The number of para-hydroxylation sites is 1. The number of aliphatic hydroxyl groups is 1. The second-order valence-electron chi connectivity index (χ2n) is 9.83. The Morgan fingerprint density at radius 1 is 0.865 bits per heavy atom. The van der Waals surface area contributed by atoms with Crippen LogP contribution in [0, 0.1) is 12.8 Å². The lowest BCUT2D eigenvalue weighted by Crippen LogP contribution is -2.35. The quantitative estimate of drug-likeness (QED) is 0.257. The molecular weight excluding hydrogens is 462 g/mol. The van der Waals surface area contributed by atoms with E-state index < -0.39 is 6.10 Å². The largest absolute Gasteiger partial charge is 0.497 e. The highest BCUT2D eigenvalue weighted by molar-refractivity contribution is 5.44. The summed E-state index contributed by atoms with van der Waals surface area (Å²) >= 11 is 0. The molecule has 0 aliphatic carbocycles. The van der Waals surface area contributed by atoms with Gasteiger partial charge in [-0.3, -0.25) is 4.90 Å². The van der Waals surface area contributed by atoms with Gasteiger partial charge in [-0.1, -0.05) is 62.4 Å². The first-order valence-electron chi connectivity index (χ1n) is 12.8. The van der Waals surface area contributed by atoms with Crippen molar-refractivity contribution in [1.82, 2.24) is 14.7 Å². The summed E-state index contributed by atoms with van der Waals surface area (Å²) in [6.45, 7) is 8.45. The highest BCUT2D eigenvalue weighted by Crippen LogP contribution is 2.32. The van der Waals surface area contributed by atoms with Crippen LogP contribution in [0.5, 0.6) is 17.4 Å². The van der Waals surface area contributed by atoms with Crippen molar-refractivity contribution in [3.05, 3.63) is 102 Å². The van der Waals surface area contributed by atoms with Crippen molar-refractivity contribution in [3.8, 4) is 23.1 Å². The molecule has 4 aromatic rings. The number of nitrogens with zero attached hydrogens (tertiary/aromatic N) is 3. The number of hydrogen-bond donors (Lipinski definition) is 1. The fourth-order valence-electron chi connectivity index (χ4n) is 4.52. The first-order valence-corrected chi connectivity index (χ1v) is 12.8. The molecule has 1 aromatic heterocycles. The lowest BCUT2D eigenvalue weighted by atomic mass is 10.1. The summed E-state index contributed by atoms with van der Waals surface area (Å²) in [6, 6.07) is 27.7. The number of benzene rings is 3. The number of methoxy groups -OCH3 is 1. The lowest BCUT2D eigenvalue weighted by molar-refractivity contribution is 0.101. The number of rotatable bonds is 12. The van der Waals surface area contributed by atoms with E-state index in [0.717, 1.165) is 34.8 Å². The molecule has 6 nitrogen and oxygen atoms in total. The molecule has 0 saturated heterocycles. The molecule has 0 unspecified atom stereocenters. The minimum atomic E-state index is -0.475. The van der Waals surface area contributed by atoms with Gasteiger partial charge in [0.1, 0.15) is 11.5 Å². The molecule has 0 amide bonds. The van der Waals surface area contributed by atoms with Crippen molar-refractivity contribution in [2.75, 3.05) is 20.2 Å². The van der Waals surface area contributed by atoms with E-state index in [9.17, 15) is 5.11 Å². The summed E-state index contributed by atoms with van der Waals surface area (Å²) in [6.07, 6.45) is 0.143. The molecule has 1 heterocycles. The summed E-state index contributed by atoms with van der Waals surface area (Å²) in [5.41, 5.74) is 3.97. The number of aromatic nitrogens is 2. The van der Waals surface area contributed by atoms with Crippen molar-refractivity contribution in [1.29, 1.82) is 0 Å². The number of ether oxygens (including phenoxy) is 2. The van der Waals surface area contributed by atoms with Gasteiger partial charge in [0, 0.05) is 19.6 Å². The Kier molecular flexibility index (Phi) is 8.99. The summed E-state index contributed by atoms with van der Waals surface area (Å²) in [7, 11) is 1.65. The van der Waals surface area contributed by atoms with Crippen LogP contribution in [0.2, 0.25) is 0 Å². The minimum absolute atomic E-state index is 0.444. The molecule has 0 radical (unpaired) electrons. The van der Waals surface area contributed by atoms with Crippen molar-refractivity contribution < 1.29 is 14.6 Å². The van der Waals surface area contributed by atoms with Crippen LogP contribution in [-0.4, -0.2) is 46.1 Å². The van der Waals surface area contributed by atoms with Crippen LogP contribution in [0.25, 0.3) is 5.69 Å². The van der Waals surface area contributed by atoms with E-state index in [1.807, 2.05) is 84.4 Å². The Balaban J connectivity index is 1.64. The van der Waals surface area contributed by atoms with E-state index >= 15 is 0 Å². The van der Waals surface area contributed by atoms with Gasteiger partial charge in [0.05, 0.1) is 30.2 Å². The second kappa shape index (κ2) is 12.6. The van der Waals surface area contributed by atoms with E-state index in [4.69, 9.17) is 14.6 Å². The molecule has 6 heteroatoms. The molecule has 0 fully saturated rings. The average Bonchev–Trinajstić information content (AvgIpc) is 3.19. The monoisotopic (exact) mass is 499 g/mol. The zero-order valence-corrected chi connectivity index (χ0v) is 22.2. The Bertz CT molecular complexity index is 1240. The normalized spacial score (nSPS) is 12.2. The van der Waals surface area contributed by atoms with Gasteiger partial charge in [0.15, 0.2) is 0 Å². The van der Waals surface area contributed by atoms with Crippen molar-refractivity contribution >= 4 is 0 Å². The van der Waals surface area contributed by atoms with Gasteiger partial charge in [-0.05, 0) is 61.2 Å². The van der Waals surface area contributed by atoms with Crippen molar-refractivity contribution in [2.45, 2.75) is 39.8 Å². The third-order valence-electron chi connectivity index (χ3n) is 6.20. The average molecular weight is 500 g/mol. The lowest BCUT2D eigenvalue weighted by Gasteiger charge is -2.27. The van der Waals surface area contributed by atoms with Crippen LogP contribution < -0.4 is 9.47 Å². The molecule has 0 aliphatic rings. The van der Waals surface area contributed by atoms with E-state index in [-0.39, 0.29) is 0 Å². The molecule has 3 aromatic carbocycles. The SMILES string of the molecule is COc1ccc(Oc2c(CN(CC(C)C)C[C@@H](O)Cc3ccccc3)c(C)nn2-c2ccccc2)cc1. The second-order valence-corrected chi connectivity index (χ2v) is 9.83. The van der Waals surface area contributed by atoms with Gasteiger partial charge in [-0.2, -0.15) is 5.10 Å². The fourth-order valence-corrected chi connectivity index (χ4v) is 4.52. The van der Waals surface area contributed by atoms with Crippen LogP contribution in [-0.2, 0) is 13.0 Å². The number of aryl methyl sites for hydroxylation is 1. The summed E-state index contributed by atoms with van der Waals surface area (Å²) < 4.78 is 13.6. The summed E-state index contributed by atoms with van der Waals surface area (Å²) in [4.78, 5) is 2.30. The van der Waals surface area contributed by atoms with Gasteiger partial charge in [-0.15, -0.1) is 0 Å². The smallest absolute Gasteiger partial charge is 0.227 e. The van der Waals surface area contributed by atoms with Gasteiger partial charge >= 0.3 is 0 Å². The maximum absolute atomic E-state index is 11.0. The van der Waals surface area contributed by atoms with Crippen molar-refractivity contribution in [3.63, 3.8) is 0 Å². The van der Waals surface area contributed by atoms with E-state index in [1.54, 1.807) is 7.11 Å². The third-order valence-corrected chi connectivity index (χ3v) is 6.20. The van der Waals surface area contributed by atoms with E-state index in [1.165, 1.54) is 0 Å². The number of aliphatic hydroxyl groups excluding tert-OH is 1. The van der Waals surface area contributed by atoms with Crippen LogP contribution in [0.1, 0.15) is 30.7 Å². The zero-order valence-electron chi connectivity index (χ0n) is 22.2. The first-order chi connectivity index (χ1) is 17.9. The zero-order chi connectivity index (χ0) is 26.2. The van der Waals surface area contributed by atoms with Gasteiger partial charge in [0.2, 0.25) is 5.88 Å². The molecule has 194 valence electrons. The van der Waals surface area contributed by atoms with Crippen LogP contribution in [0.3, 0.4) is 0 Å². The maximum Gasteiger partial charge on any atom is 0.227 e. The van der Waals surface area contributed by atoms with E-state index in [0.29, 0.717) is 37.1 Å². The topological polar surface area (TPSA) is 59.8 Å². The highest BCUT2D eigenvalue weighted by Gasteiger charge is 2.23. The van der Waals surface area contributed by atoms with Crippen LogP contribution >= 0.6 is 0 Å². The van der Waals surface area contributed by atoms with Crippen molar-refractivity contribution in [2.24, 2.45) is 5.92 Å². The van der Waals surface area contributed by atoms with Gasteiger partial charge in [-0.25, -0.2) is 4.68 Å². The molecule has 4 rings (SSSR count). The minimum Gasteiger partial charge on any atom is -0.497 e. The molecule has 1 atom stereocenters. The standard InChI is InChI=1S/C31H37N3O3/c1-23(2)20-33(21-27(35)19-25-11-7-5-8-12-25)22-30-24(3)32-34(26-13-9-6-10-14-26)31(30)37-29-17-15-28(36-4)16-18-29/h5-18,23,27,35H,19-22H2,1-4H3/t27-/m0/s1. The first kappa shape index (κ1) is 26.5. The Morgan fingerprint density at radius 3 is 2.11 bits per heavy atom. The van der Waals surface area contributed by atoms with Crippen LogP contribution in [0.4, 0.5) is 0 Å². The highest BCUT2D eigenvalue weighted by atomic mass is 16.5. The fraction of sp³-hybridized carbons (Fsp3) is 0.323. The summed E-state index contributed by atoms with van der Waals surface area (Å²) in [5, 5.41) is 15.8. The number of hydrogen-bond acceptors (Lipinski definition) is 5. The molecule has 0 aliphatic heterocycles. The van der Waals surface area contributed by atoms with E-state index in [2.05, 4.69) is 30.9 Å². The molecule has 0 saturated carbocycles.